The van der Waals surface area contributed by atoms with Gasteiger partial charge in [0.05, 0.1) is 14.2 Å². The lowest BCUT2D eigenvalue weighted by atomic mass is 10.0. The number of ether oxygens (including phenoxy) is 2. The van der Waals surface area contributed by atoms with Crippen LogP contribution in [-0.4, -0.2) is 49.6 Å². The number of methoxy groups -OCH3 is 2. The molecule has 1 fully saturated rings. The lowest BCUT2D eigenvalue weighted by Gasteiger charge is -2.23. The van der Waals surface area contributed by atoms with Crippen LogP contribution < -0.4 is 10.1 Å². The van der Waals surface area contributed by atoms with E-state index < -0.39 is 0 Å². The Morgan fingerprint density at radius 3 is 2.50 bits per heavy atom. The lowest BCUT2D eigenvalue weighted by molar-refractivity contribution is -0.146. The van der Waals surface area contributed by atoms with Crippen molar-refractivity contribution in [3.63, 3.8) is 0 Å². The van der Waals surface area contributed by atoms with Crippen LogP contribution in [0.25, 0.3) is 0 Å². The molecule has 1 N–H and O–H groups in total. The Labute approximate surface area is 155 Å². The zero-order valence-electron chi connectivity index (χ0n) is 16.6. The van der Waals surface area contributed by atoms with Crippen LogP contribution in [0.2, 0.25) is 0 Å². The van der Waals surface area contributed by atoms with Gasteiger partial charge in [-0.25, -0.2) is 0 Å². The van der Waals surface area contributed by atoms with Gasteiger partial charge in [-0.2, -0.15) is 0 Å². The average Bonchev–Trinajstić information content (AvgIpc) is 2.99. The second kappa shape index (κ2) is 8.54. The Morgan fingerprint density at radius 1 is 1.23 bits per heavy atom. The van der Waals surface area contributed by atoms with Gasteiger partial charge in [0, 0.05) is 25.0 Å². The molecule has 6 heteroatoms. The van der Waals surface area contributed by atoms with Crippen LogP contribution in [0.15, 0.2) is 12.1 Å². The molecular formula is C20H30N2O4. The van der Waals surface area contributed by atoms with Crippen molar-refractivity contribution in [1.82, 2.24) is 10.2 Å². The van der Waals surface area contributed by atoms with Gasteiger partial charge in [0.1, 0.15) is 11.8 Å². The van der Waals surface area contributed by atoms with Crippen LogP contribution in [0.5, 0.6) is 5.75 Å². The van der Waals surface area contributed by atoms with Crippen molar-refractivity contribution < 1.29 is 19.1 Å². The number of carbonyl (C=O) groups excluding carboxylic acids is 2. The van der Waals surface area contributed by atoms with Crippen molar-refractivity contribution in [3.8, 4) is 5.75 Å². The quantitative estimate of drug-likeness (QED) is 0.786. The monoisotopic (exact) mass is 362 g/mol. The average molecular weight is 362 g/mol. The van der Waals surface area contributed by atoms with Gasteiger partial charge in [0.25, 0.3) is 0 Å². The van der Waals surface area contributed by atoms with Gasteiger partial charge in [-0.15, -0.1) is 0 Å². The molecule has 144 valence electrons. The first-order valence-corrected chi connectivity index (χ1v) is 9.03. The molecule has 0 spiro atoms. The summed E-state index contributed by atoms with van der Waals surface area (Å²) in [5.41, 5.74) is 3.32. The molecule has 0 unspecified atom stereocenters. The highest BCUT2D eigenvalue weighted by Gasteiger charge is 2.38. The number of esters is 1. The van der Waals surface area contributed by atoms with E-state index in [9.17, 15) is 9.59 Å². The number of amides is 1. The van der Waals surface area contributed by atoms with Crippen LogP contribution in [0.1, 0.15) is 37.0 Å². The van der Waals surface area contributed by atoms with Crippen LogP contribution in [0.3, 0.4) is 0 Å². The highest BCUT2D eigenvalue weighted by molar-refractivity contribution is 5.79. The summed E-state index contributed by atoms with van der Waals surface area (Å²) in [5.74, 6) is 0.539. The molecule has 2 rings (SSSR count). The second-order valence-electron chi connectivity index (χ2n) is 7.31. The summed E-state index contributed by atoms with van der Waals surface area (Å²) in [5, 5.41) is 3.04. The molecule has 0 saturated carbocycles. The van der Waals surface area contributed by atoms with Crippen molar-refractivity contribution in [2.45, 2.75) is 52.7 Å². The molecule has 26 heavy (non-hydrogen) atoms. The van der Waals surface area contributed by atoms with E-state index in [1.165, 1.54) is 7.11 Å². The zero-order chi connectivity index (χ0) is 19.4. The van der Waals surface area contributed by atoms with Crippen LogP contribution in [-0.2, 0) is 20.9 Å². The Kier molecular flexibility index (Phi) is 6.64. The first-order chi connectivity index (χ1) is 12.3. The third-order valence-electron chi connectivity index (χ3n) is 4.97. The Morgan fingerprint density at radius 2 is 1.92 bits per heavy atom. The van der Waals surface area contributed by atoms with E-state index in [0.717, 1.165) is 22.4 Å². The molecule has 2 atom stereocenters. The fourth-order valence-electron chi connectivity index (χ4n) is 3.39. The summed E-state index contributed by atoms with van der Waals surface area (Å²) in [7, 11) is 3.07. The molecule has 1 aliphatic heterocycles. The molecular weight excluding hydrogens is 332 g/mol. The molecule has 1 heterocycles. The first kappa shape index (κ1) is 20.2. The molecule has 0 aliphatic carbocycles. The minimum Gasteiger partial charge on any atom is -0.496 e. The predicted octanol–water partition coefficient (Wildman–Crippen LogP) is 2.20. The van der Waals surface area contributed by atoms with Crippen LogP contribution in [0, 0.1) is 19.8 Å². The van der Waals surface area contributed by atoms with E-state index in [1.54, 1.807) is 7.11 Å². The summed E-state index contributed by atoms with van der Waals surface area (Å²) in [6.45, 7) is 9.04. The maximum absolute atomic E-state index is 12.2. The van der Waals surface area contributed by atoms with Crippen LogP contribution in [0.4, 0.5) is 0 Å². The van der Waals surface area contributed by atoms with E-state index in [0.29, 0.717) is 19.5 Å². The number of carbonyl (C=O) groups is 2. The summed E-state index contributed by atoms with van der Waals surface area (Å²) >= 11 is 0. The minimum absolute atomic E-state index is 0.0111. The second-order valence-corrected chi connectivity index (χ2v) is 7.31. The van der Waals surface area contributed by atoms with E-state index in [1.807, 2.05) is 33.8 Å². The summed E-state index contributed by atoms with van der Waals surface area (Å²) in [6.07, 6.45) is 0.569. The number of benzene rings is 1. The van der Waals surface area contributed by atoms with Crippen molar-refractivity contribution >= 4 is 11.9 Å². The fourth-order valence-corrected chi connectivity index (χ4v) is 3.39. The van der Waals surface area contributed by atoms with Gasteiger partial charge in [-0.1, -0.05) is 19.9 Å². The number of hydrogen-bond acceptors (Lipinski definition) is 5. The van der Waals surface area contributed by atoms with Gasteiger partial charge in [-0.05, 0) is 43.0 Å². The number of nitrogens with one attached hydrogen (secondary N) is 1. The van der Waals surface area contributed by atoms with Crippen molar-refractivity contribution in [2.75, 3.05) is 20.8 Å². The number of hydrogen-bond donors (Lipinski definition) is 1. The fraction of sp³-hybridized carbons (Fsp3) is 0.600. The Hall–Kier alpha value is -2.08. The summed E-state index contributed by atoms with van der Waals surface area (Å²) < 4.78 is 10.4. The van der Waals surface area contributed by atoms with Crippen LogP contribution >= 0.6 is 0 Å². The van der Waals surface area contributed by atoms with Gasteiger partial charge >= 0.3 is 5.97 Å². The maximum Gasteiger partial charge on any atom is 0.323 e. The molecule has 1 saturated heterocycles. The Bertz CT molecular complexity index is 672. The molecule has 0 radical (unpaired) electrons. The van der Waals surface area contributed by atoms with Gasteiger partial charge in [-0.3, -0.25) is 14.5 Å². The minimum atomic E-state index is -0.348. The molecule has 0 bridgehead atoms. The van der Waals surface area contributed by atoms with E-state index in [2.05, 4.69) is 16.3 Å². The Balaban J connectivity index is 2.18. The van der Waals surface area contributed by atoms with Gasteiger partial charge in [0.15, 0.2) is 0 Å². The van der Waals surface area contributed by atoms with Gasteiger partial charge < -0.3 is 14.8 Å². The molecule has 1 aliphatic rings. The molecule has 0 aromatic heterocycles. The summed E-state index contributed by atoms with van der Waals surface area (Å²) in [4.78, 5) is 26.3. The van der Waals surface area contributed by atoms with E-state index in [-0.39, 0.29) is 29.9 Å². The maximum atomic E-state index is 12.2. The van der Waals surface area contributed by atoms with E-state index in [4.69, 9.17) is 9.47 Å². The number of nitrogens with zero attached hydrogens (tertiary/aromatic N) is 1. The van der Waals surface area contributed by atoms with Crippen molar-refractivity contribution in [2.24, 2.45) is 5.92 Å². The predicted molar refractivity (Wildman–Crippen MR) is 100 cm³/mol. The standard InChI is InChI=1S/C20H30N2O4/c1-12(2)19(23)21-16-9-17(20(24)26-6)22(11-16)10-15-7-14(4)18(25-5)8-13(15)3/h7-8,12,16-17H,9-11H2,1-6H3,(H,21,23)/t16-,17+/m1/s1. The molecule has 6 nitrogen and oxygen atoms in total. The van der Waals surface area contributed by atoms with E-state index >= 15 is 0 Å². The molecule has 1 aromatic rings. The normalized spacial score (nSPS) is 20.3. The zero-order valence-corrected chi connectivity index (χ0v) is 16.6. The van der Waals surface area contributed by atoms with Crippen molar-refractivity contribution in [3.05, 3.63) is 28.8 Å². The number of likely N-dealkylation sites (tertiary alicyclic amines) is 1. The number of aryl methyl sites for hydroxylation is 2. The first-order valence-electron chi connectivity index (χ1n) is 9.03. The highest BCUT2D eigenvalue weighted by atomic mass is 16.5. The smallest absolute Gasteiger partial charge is 0.323 e. The van der Waals surface area contributed by atoms with Gasteiger partial charge in [0.2, 0.25) is 5.91 Å². The third-order valence-corrected chi connectivity index (χ3v) is 4.97. The molecule has 1 aromatic carbocycles. The largest absolute Gasteiger partial charge is 0.496 e. The lowest BCUT2D eigenvalue weighted by Crippen LogP contribution is -2.39. The third kappa shape index (κ3) is 4.55. The topological polar surface area (TPSA) is 67.9 Å². The molecule has 1 amide bonds. The number of rotatable bonds is 6. The highest BCUT2D eigenvalue weighted by Crippen LogP contribution is 2.27. The summed E-state index contributed by atoms with van der Waals surface area (Å²) in [6, 6.07) is 3.72. The SMILES string of the molecule is COC(=O)[C@@H]1C[C@@H](NC(=O)C(C)C)CN1Cc1cc(C)c(OC)cc1C. The van der Waals surface area contributed by atoms with Crippen molar-refractivity contribution in [1.29, 1.82) is 0 Å².